The summed E-state index contributed by atoms with van der Waals surface area (Å²) in [6, 6.07) is 0. The number of aliphatic hydroxyl groups is 1. The Morgan fingerprint density at radius 3 is 2.75 bits per heavy atom. The SMILES string of the molecule is C=C1C(=O)[C@]23CC[C@H]1CC2[C@]12CCCC(C)(C)C1C[C@H]3O[C@H]2N(C=O)CCO. The molecule has 0 radical (unpaired) electrons. The zero-order chi connectivity index (χ0) is 19.9. The van der Waals surface area contributed by atoms with Crippen molar-refractivity contribution in [1.82, 2.24) is 4.90 Å². The van der Waals surface area contributed by atoms with Crippen LogP contribution in [0.1, 0.15) is 58.8 Å². The van der Waals surface area contributed by atoms with E-state index in [0.717, 1.165) is 50.5 Å². The number of rotatable bonds is 4. The van der Waals surface area contributed by atoms with Crippen LogP contribution in [0.4, 0.5) is 0 Å². The Labute approximate surface area is 167 Å². The lowest BCUT2D eigenvalue weighted by Crippen LogP contribution is -2.78. The molecule has 7 aliphatic rings. The first-order chi connectivity index (χ1) is 13.3. The quantitative estimate of drug-likeness (QED) is 0.595. The van der Waals surface area contributed by atoms with Crippen LogP contribution in [0.15, 0.2) is 12.2 Å². The zero-order valence-corrected chi connectivity index (χ0v) is 17.2. The smallest absolute Gasteiger partial charge is 0.211 e. The number of allylic oxidation sites excluding steroid dienone is 1. The lowest BCUT2D eigenvalue weighted by Gasteiger charge is -2.75. The van der Waals surface area contributed by atoms with Gasteiger partial charge in [0, 0.05) is 12.0 Å². The second-order valence-corrected chi connectivity index (χ2v) is 10.7. The second kappa shape index (κ2) is 5.91. The van der Waals surface area contributed by atoms with Gasteiger partial charge in [-0.25, -0.2) is 0 Å². The van der Waals surface area contributed by atoms with Gasteiger partial charge in [0.2, 0.25) is 6.41 Å². The molecule has 7 rings (SSSR count). The minimum Gasteiger partial charge on any atom is -0.395 e. The van der Waals surface area contributed by atoms with E-state index in [4.69, 9.17) is 4.74 Å². The van der Waals surface area contributed by atoms with Crippen LogP contribution in [0.3, 0.4) is 0 Å². The van der Waals surface area contributed by atoms with Crippen LogP contribution in [-0.2, 0) is 14.3 Å². The minimum atomic E-state index is -0.431. The van der Waals surface area contributed by atoms with Crippen LogP contribution < -0.4 is 0 Å². The predicted octanol–water partition coefficient (Wildman–Crippen LogP) is 2.92. The molecule has 154 valence electrons. The molecule has 0 aromatic carbocycles. The molecule has 1 amide bonds. The number of nitrogens with zero attached hydrogens (tertiary/aromatic N) is 1. The lowest BCUT2D eigenvalue weighted by molar-refractivity contribution is -0.353. The van der Waals surface area contributed by atoms with Crippen LogP contribution >= 0.6 is 0 Å². The molecule has 2 saturated heterocycles. The van der Waals surface area contributed by atoms with Crippen molar-refractivity contribution >= 4 is 12.2 Å². The fourth-order valence-electron chi connectivity index (χ4n) is 8.46. The Hall–Kier alpha value is -1.20. The number of hydrogen-bond donors (Lipinski definition) is 1. The van der Waals surface area contributed by atoms with Gasteiger partial charge < -0.3 is 14.7 Å². The third-order valence-electron chi connectivity index (χ3n) is 9.50. The van der Waals surface area contributed by atoms with Crippen molar-refractivity contribution in [2.45, 2.75) is 71.1 Å². The highest BCUT2D eigenvalue weighted by Gasteiger charge is 2.77. The summed E-state index contributed by atoms with van der Waals surface area (Å²) in [5.41, 5.74) is 0.368. The largest absolute Gasteiger partial charge is 0.395 e. The number of ether oxygens (including phenoxy) is 1. The first kappa shape index (κ1) is 18.8. The van der Waals surface area contributed by atoms with Crippen molar-refractivity contribution in [3.63, 3.8) is 0 Å². The Kier molecular flexibility index (Phi) is 3.97. The second-order valence-electron chi connectivity index (χ2n) is 10.7. The molecule has 2 heterocycles. The van der Waals surface area contributed by atoms with Gasteiger partial charge in [-0.3, -0.25) is 9.59 Å². The molecule has 7 fully saturated rings. The lowest BCUT2D eigenvalue weighted by atomic mass is 9.34. The highest BCUT2D eigenvalue weighted by Crippen LogP contribution is 2.75. The first-order valence-electron chi connectivity index (χ1n) is 11.0. The molecule has 5 saturated carbocycles. The van der Waals surface area contributed by atoms with E-state index in [9.17, 15) is 14.7 Å². The number of carbonyl (C=O) groups is 2. The van der Waals surface area contributed by atoms with E-state index < -0.39 is 5.41 Å². The van der Waals surface area contributed by atoms with Crippen LogP contribution in [-0.4, -0.2) is 47.7 Å². The number of Topliss-reactive ketones (excluding diaryl/α,β-unsaturated/α-hetero) is 1. The molecule has 2 aliphatic heterocycles. The number of ketones is 1. The van der Waals surface area contributed by atoms with Crippen molar-refractivity contribution in [1.29, 1.82) is 0 Å². The summed E-state index contributed by atoms with van der Waals surface area (Å²) in [5.74, 6) is 1.25. The average Bonchev–Trinajstić information content (AvgIpc) is 2.69. The van der Waals surface area contributed by atoms with Gasteiger partial charge in [0.05, 0.1) is 18.1 Å². The van der Waals surface area contributed by atoms with Gasteiger partial charge in [0.1, 0.15) is 6.23 Å². The number of fused-ring (bicyclic) bond motifs is 3. The molecular formula is C23H33NO4. The van der Waals surface area contributed by atoms with Gasteiger partial charge in [-0.05, 0) is 67.3 Å². The summed E-state index contributed by atoms with van der Waals surface area (Å²) in [7, 11) is 0. The third-order valence-corrected chi connectivity index (χ3v) is 9.50. The van der Waals surface area contributed by atoms with Gasteiger partial charge in [-0.2, -0.15) is 0 Å². The van der Waals surface area contributed by atoms with Gasteiger partial charge in [-0.15, -0.1) is 0 Å². The van der Waals surface area contributed by atoms with Crippen LogP contribution in [0.2, 0.25) is 0 Å². The average molecular weight is 388 g/mol. The van der Waals surface area contributed by atoms with Crippen molar-refractivity contribution in [2.24, 2.45) is 34.0 Å². The summed E-state index contributed by atoms with van der Waals surface area (Å²) < 4.78 is 6.67. The molecule has 2 unspecified atom stereocenters. The standard InChI is InChI=1S/C23H33NO4/c1-14-15-5-8-23(19(14)27)17(11-15)22-7-4-6-21(2,3)16(22)12-18(23)28-20(22)24(13-26)9-10-25/h13,15-18,20,25H,1,4-12H2,2-3H3/t15-,16?,17?,18+,20+,22-,23+/m0/s1. The van der Waals surface area contributed by atoms with E-state index >= 15 is 0 Å². The van der Waals surface area contributed by atoms with Gasteiger partial charge in [0.25, 0.3) is 0 Å². The summed E-state index contributed by atoms with van der Waals surface area (Å²) in [5, 5.41) is 9.56. The highest BCUT2D eigenvalue weighted by molar-refractivity contribution is 6.02. The summed E-state index contributed by atoms with van der Waals surface area (Å²) in [4.78, 5) is 27.2. The van der Waals surface area contributed by atoms with E-state index in [1.807, 2.05) is 0 Å². The zero-order valence-electron chi connectivity index (χ0n) is 17.2. The Morgan fingerprint density at radius 2 is 2.04 bits per heavy atom. The van der Waals surface area contributed by atoms with Crippen molar-refractivity contribution < 1.29 is 19.4 Å². The van der Waals surface area contributed by atoms with Crippen LogP contribution in [0.25, 0.3) is 0 Å². The summed E-state index contributed by atoms with van der Waals surface area (Å²) in [6.45, 7) is 9.12. The van der Waals surface area contributed by atoms with E-state index in [-0.39, 0.29) is 41.5 Å². The maximum atomic E-state index is 13.5. The van der Waals surface area contributed by atoms with Gasteiger partial charge in [-0.1, -0.05) is 26.8 Å². The molecule has 2 spiro atoms. The normalized spacial score (nSPS) is 48.2. The third kappa shape index (κ3) is 2.00. The Morgan fingerprint density at radius 1 is 1.25 bits per heavy atom. The highest BCUT2D eigenvalue weighted by atomic mass is 16.5. The number of hydrogen-bond acceptors (Lipinski definition) is 4. The molecule has 0 aromatic rings. The molecule has 5 nitrogen and oxygen atoms in total. The minimum absolute atomic E-state index is 0.0679. The first-order valence-corrected chi connectivity index (χ1v) is 11.0. The Balaban J connectivity index is 1.68. The van der Waals surface area contributed by atoms with E-state index in [1.54, 1.807) is 4.90 Å². The number of amides is 1. The maximum absolute atomic E-state index is 13.5. The summed E-state index contributed by atoms with van der Waals surface area (Å²) >= 11 is 0. The number of aliphatic hydroxyl groups excluding tert-OH is 1. The van der Waals surface area contributed by atoms with Gasteiger partial charge >= 0.3 is 0 Å². The van der Waals surface area contributed by atoms with Crippen molar-refractivity contribution in [3.8, 4) is 0 Å². The van der Waals surface area contributed by atoms with Crippen molar-refractivity contribution in [2.75, 3.05) is 13.2 Å². The molecule has 5 aliphatic carbocycles. The topological polar surface area (TPSA) is 66.8 Å². The van der Waals surface area contributed by atoms with Crippen LogP contribution in [0, 0.1) is 34.0 Å². The molecule has 4 bridgehead atoms. The fourth-order valence-corrected chi connectivity index (χ4v) is 8.46. The molecule has 7 atom stereocenters. The summed E-state index contributed by atoms with van der Waals surface area (Å²) in [6.07, 6.45) is 7.56. The number of carbonyl (C=O) groups excluding carboxylic acids is 2. The van der Waals surface area contributed by atoms with E-state index in [0.29, 0.717) is 18.4 Å². The van der Waals surface area contributed by atoms with Crippen molar-refractivity contribution in [3.05, 3.63) is 12.2 Å². The maximum Gasteiger partial charge on any atom is 0.211 e. The molecule has 5 heteroatoms. The fraction of sp³-hybridized carbons (Fsp3) is 0.826. The molecular weight excluding hydrogens is 354 g/mol. The molecule has 0 aromatic heterocycles. The van der Waals surface area contributed by atoms with E-state index in [1.165, 1.54) is 6.42 Å². The molecule has 1 N–H and O–H groups in total. The Bertz CT molecular complexity index is 732. The van der Waals surface area contributed by atoms with E-state index in [2.05, 4.69) is 20.4 Å². The van der Waals surface area contributed by atoms with Gasteiger partial charge in [0.15, 0.2) is 5.78 Å². The molecule has 28 heavy (non-hydrogen) atoms. The monoisotopic (exact) mass is 387 g/mol. The predicted molar refractivity (Wildman–Crippen MR) is 104 cm³/mol. The van der Waals surface area contributed by atoms with Crippen LogP contribution in [0.5, 0.6) is 0 Å².